The molecule has 2 aromatic rings. The zero-order chi connectivity index (χ0) is 13.3. The van der Waals surface area contributed by atoms with Crippen LogP contribution in [-0.2, 0) is 6.61 Å². The van der Waals surface area contributed by atoms with E-state index in [2.05, 4.69) is 4.98 Å². The van der Waals surface area contributed by atoms with Gasteiger partial charge in [-0.25, -0.2) is 4.39 Å². The summed E-state index contributed by atoms with van der Waals surface area (Å²) < 4.78 is 13.1. The summed E-state index contributed by atoms with van der Waals surface area (Å²) in [6.07, 6.45) is 1.04. The minimum atomic E-state index is -0.535. The lowest BCUT2D eigenvalue weighted by atomic mass is 10.1. The van der Waals surface area contributed by atoms with E-state index in [4.69, 9.17) is 34.8 Å². The van der Waals surface area contributed by atoms with Gasteiger partial charge in [0.15, 0.2) is 0 Å². The highest BCUT2D eigenvalue weighted by molar-refractivity contribution is 6.45. The third-order valence-corrected chi connectivity index (χ3v) is 3.37. The summed E-state index contributed by atoms with van der Waals surface area (Å²) in [5.41, 5.74) is 1.13. The van der Waals surface area contributed by atoms with Crippen LogP contribution in [0.15, 0.2) is 24.4 Å². The van der Waals surface area contributed by atoms with Crippen LogP contribution >= 0.6 is 34.8 Å². The molecule has 0 aliphatic rings. The fourth-order valence-electron chi connectivity index (χ4n) is 1.57. The lowest BCUT2D eigenvalue weighted by molar-refractivity contribution is 0.281. The van der Waals surface area contributed by atoms with E-state index in [1.54, 1.807) is 6.07 Å². The maximum atomic E-state index is 13.1. The second kappa shape index (κ2) is 5.41. The lowest BCUT2D eigenvalue weighted by Gasteiger charge is -2.10. The van der Waals surface area contributed by atoms with Crippen molar-refractivity contribution in [2.24, 2.45) is 0 Å². The first kappa shape index (κ1) is 13.6. The largest absolute Gasteiger partial charge is 0.392 e. The van der Waals surface area contributed by atoms with Gasteiger partial charge in [0.2, 0.25) is 0 Å². The first-order valence-electron chi connectivity index (χ1n) is 4.93. The Morgan fingerprint density at radius 1 is 1.17 bits per heavy atom. The number of aliphatic hydroxyl groups is 1. The van der Waals surface area contributed by atoms with E-state index in [0.29, 0.717) is 21.8 Å². The van der Waals surface area contributed by atoms with E-state index < -0.39 is 5.82 Å². The van der Waals surface area contributed by atoms with Gasteiger partial charge in [0, 0.05) is 16.1 Å². The molecular formula is C12H7Cl3FNO. The second-order valence-corrected chi connectivity index (χ2v) is 4.79. The van der Waals surface area contributed by atoms with Gasteiger partial charge >= 0.3 is 0 Å². The molecule has 18 heavy (non-hydrogen) atoms. The Bertz CT molecular complexity index is 604. The highest BCUT2D eigenvalue weighted by Gasteiger charge is 2.14. The molecule has 2 rings (SSSR count). The predicted molar refractivity (Wildman–Crippen MR) is 70.6 cm³/mol. The highest BCUT2D eigenvalue weighted by Crippen LogP contribution is 2.37. The van der Waals surface area contributed by atoms with Gasteiger partial charge in [-0.05, 0) is 18.2 Å². The Balaban J connectivity index is 2.69. The molecule has 0 bridgehead atoms. The van der Waals surface area contributed by atoms with Crippen LogP contribution in [0, 0.1) is 5.82 Å². The highest BCUT2D eigenvalue weighted by atomic mass is 35.5. The van der Waals surface area contributed by atoms with Crippen LogP contribution < -0.4 is 0 Å². The number of nitrogens with zero attached hydrogens (tertiary/aromatic N) is 1. The molecule has 0 saturated heterocycles. The van der Waals surface area contributed by atoms with Crippen LogP contribution in [0.4, 0.5) is 4.39 Å². The molecule has 0 aliphatic carbocycles. The molecule has 0 spiro atoms. The summed E-state index contributed by atoms with van der Waals surface area (Å²) >= 11 is 17.9. The molecule has 0 amide bonds. The molecule has 0 fully saturated rings. The molecule has 1 heterocycles. The Hall–Kier alpha value is -0.870. The average molecular weight is 307 g/mol. The van der Waals surface area contributed by atoms with Crippen molar-refractivity contribution in [1.82, 2.24) is 4.98 Å². The molecule has 0 unspecified atom stereocenters. The van der Waals surface area contributed by atoms with E-state index in [0.717, 1.165) is 6.20 Å². The van der Waals surface area contributed by atoms with E-state index >= 15 is 0 Å². The molecule has 1 aromatic heterocycles. The maximum Gasteiger partial charge on any atom is 0.141 e. The summed E-state index contributed by atoms with van der Waals surface area (Å²) in [5, 5.41) is 10.1. The molecule has 0 aliphatic heterocycles. The Labute approximate surface area is 118 Å². The fraction of sp³-hybridized carbons (Fsp3) is 0.0833. The van der Waals surface area contributed by atoms with Crippen molar-refractivity contribution in [2.45, 2.75) is 6.61 Å². The quantitative estimate of drug-likeness (QED) is 0.837. The smallest absolute Gasteiger partial charge is 0.141 e. The summed E-state index contributed by atoms with van der Waals surface area (Å²) in [7, 11) is 0. The van der Waals surface area contributed by atoms with Crippen LogP contribution in [0.3, 0.4) is 0 Å². The number of hydrogen-bond donors (Lipinski definition) is 1. The number of rotatable bonds is 2. The van der Waals surface area contributed by atoms with Crippen molar-refractivity contribution in [3.63, 3.8) is 0 Å². The third-order valence-electron chi connectivity index (χ3n) is 2.35. The lowest BCUT2D eigenvalue weighted by Crippen LogP contribution is -1.96. The average Bonchev–Trinajstić information content (AvgIpc) is 2.34. The van der Waals surface area contributed by atoms with Gasteiger partial charge in [0.1, 0.15) is 5.82 Å². The van der Waals surface area contributed by atoms with Crippen molar-refractivity contribution in [3.8, 4) is 11.3 Å². The van der Waals surface area contributed by atoms with Crippen molar-refractivity contribution < 1.29 is 9.50 Å². The molecular weight excluding hydrogens is 299 g/mol. The maximum absolute atomic E-state index is 13.1. The van der Waals surface area contributed by atoms with E-state index in [1.807, 2.05) is 0 Å². The Morgan fingerprint density at radius 2 is 1.89 bits per heavy atom. The number of halogens is 4. The zero-order valence-electron chi connectivity index (χ0n) is 8.92. The third kappa shape index (κ3) is 2.59. The molecule has 1 N–H and O–H groups in total. The van der Waals surface area contributed by atoms with Crippen molar-refractivity contribution >= 4 is 34.8 Å². The minimum absolute atomic E-state index is 0.259. The first-order chi connectivity index (χ1) is 8.52. The van der Waals surface area contributed by atoms with Crippen LogP contribution in [0.5, 0.6) is 0 Å². The molecule has 0 radical (unpaired) electrons. The van der Waals surface area contributed by atoms with Crippen LogP contribution in [0.1, 0.15) is 5.56 Å². The summed E-state index contributed by atoms with van der Waals surface area (Å²) in [4.78, 5) is 3.93. The number of aliphatic hydroxyl groups excluding tert-OH is 1. The van der Waals surface area contributed by atoms with E-state index in [9.17, 15) is 9.50 Å². The van der Waals surface area contributed by atoms with Gasteiger partial charge in [-0.1, -0.05) is 34.8 Å². The number of benzene rings is 1. The summed E-state index contributed by atoms with van der Waals surface area (Å²) in [5.74, 6) is -0.535. The topological polar surface area (TPSA) is 33.1 Å². The zero-order valence-corrected chi connectivity index (χ0v) is 11.2. The molecule has 1 aromatic carbocycles. The number of hydrogen-bond acceptors (Lipinski definition) is 2. The van der Waals surface area contributed by atoms with E-state index in [-0.39, 0.29) is 16.7 Å². The van der Waals surface area contributed by atoms with Crippen molar-refractivity contribution in [1.29, 1.82) is 0 Å². The van der Waals surface area contributed by atoms with Crippen LogP contribution in [-0.4, -0.2) is 10.1 Å². The van der Waals surface area contributed by atoms with Crippen LogP contribution in [0.25, 0.3) is 11.3 Å². The van der Waals surface area contributed by atoms with Gasteiger partial charge in [0.05, 0.1) is 28.5 Å². The SMILES string of the molecule is OCc1cc(F)cnc1-c1cc(Cl)cc(Cl)c1Cl. The van der Waals surface area contributed by atoms with Gasteiger partial charge in [0.25, 0.3) is 0 Å². The van der Waals surface area contributed by atoms with Gasteiger partial charge in [-0.2, -0.15) is 0 Å². The van der Waals surface area contributed by atoms with Gasteiger partial charge < -0.3 is 5.11 Å². The van der Waals surface area contributed by atoms with Gasteiger partial charge in [-0.15, -0.1) is 0 Å². The predicted octanol–water partition coefficient (Wildman–Crippen LogP) is 4.34. The van der Waals surface area contributed by atoms with Crippen molar-refractivity contribution in [3.05, 3.63) is 50.8 Å². The summed E-state index contributed by atoms with van der Waals surface area (Å²) in [6.45, 7) is -0.361. The van der Waals surface area contributed by atoms with E-state index in [1.165, 1.54) is 12.1 Å². The second-order valence-electron chi connectivity index (χ2n) is 3.57. The minimum Gasteiger partial charge on any atom is -0.392 e. The molecule has 2 nitrogen and oxygen atoms in total. The summed E-state index contributed by atoms with van der Waals surface area (Å²) in [6, 6.07) is 4.25. The first-order valence-corrected chi connectivity index (χ1v) is 6.06. The Kier molecular flexibility index (Phi) is 4.07. The van der Waals surface area contributed by atoms with Crippen molar-refractivity contribution in [2.75, 3.05) is 0 Å². The van der Waals surface area contributed by atoms with Gasteiger partial charge in [-0.3, -0.25) is 4.98 Å². The normalized spacial score (nSPS) is 10.7. The molecule has 0 saturated carbocycles. The Morgan fingerprint density at radius 3 is 2.56 bits per heavy atom. The molecule has 6 heteroatoms. The van der Waals surface area contributed by atoms with Crippen LogP contribution in [0.2, 0.25) is 15.1 Å². The number of pyridine rings is 1. The number of aromatic nitrogens is 1. The molecule has 0 atom stereocenters. The monoisotopic (exact) mass is 305 g/mol. The standard InChI is InChI=1S/C12H7Cl3FNO/c13-7-2-9(11(15)10(14)3-7)12-6(5-18)1-8(16)4-17-12/h1-4,18H,5H2. The molecule has 94 valence electrons. The fourth-order valence-corrected chi connectivity index (χ4v) is 2.26.